The van der Waals surface area contributed by atoms with Crippen LogP contribution in [-0.2, 0) is 24.2 Å². The van der Waals surface area contributed by atoms with Gasteiger partial charge in [-0.25, -0.2) is 17.6 Å². The number of ether oxygens (including phenoxy) is 1. The number of nitrogens with one attached hydrogen (secondary N) is 2. The molecule has 1 fully saturated rings. The molecule has 0 radical (unpaired) electrons. The zero-order valence-electron chi connectivity index (χ0n) is 24.9. The summed E-state index contributed by atoms with van der Waals surface area (Å²) in [4.78, 5) is 39.5. The van der Waals surface area contributed by atoms with Gasteiger partial charge in [-0.15, -0.1) is 0 Å². The lowest BCUT2D eigenvalue weighted by atomic mass is 9.96. The predicted molar refractivity (Wildman–Crippen MR) is 155 cm³/mol. The first-order chi connectivity index (χ1) is 20.4. The molecule has 0 aromatic heterocycles. The average Bonchev–Trinajstić information content (AvgIpc) is 3.10. The number of hydrogen-bond donors (Lipinski definition) is 2. The Morgan fingerprint density at radius 1 is 1.02 bits per heavy atom. The highest BCUT2D eigenvalue weighted by molar-refractivity contribution is 7.90. The first-order valence-electron chi connectivity index (χ1n) is 14.1. The largest absolute Gasteiger partial charge is 0.450 e. The molecule has 2 aromatic carbocycles. The van der Waals surface area contributed by atoms with E-state index in [1.165, 1.54) is 53.4 Å². The number of nitrogens with zero attached hydrogens (tertiary/aromatic N) is 1. The van der Waals surface area contributed by atoms with Crippen LogP contribution in [0.5, 0.6) is 0 Å². The van der Waals surface area contributed by atoms with E-state index >= 15 is 0 Å². The van der Waals surface area contributed by atoms with Gasteiger partial charge in [-0.3, -0.25) is 14.9 Å². The Hall–Kier alpha value is -3.52. The number of sulfone groups is 1. The molecule has 0 spiro atoms. The first-order valence-corrected chi connectivity index (χ1v) is 15.9. The Kier molecular flexibility index (Phi) is 11.2. The maximum Gasteiger partial charge on any atom is 0.410 e. The van der Waals surface area contributed by atoms with Crippen molar-refractivity contribution >= 4 is 27.6 Å². The van der Waals surface area contributed by atoms with Crippen molar-refractivity contribution in [2.45, 2.75) is 74.9 Å². The molecule has 0 aliphatic carbocycles. The summed E-state index contributed by atoms with van der Waals surface area (Å²) in [6.07, 6.45) is -4.65. The summed E-state index contributed by atoms with van der Waals surface area (Å²) in [7, 11) is -3.42. The summed E-state index contributed by atoms with van der Waals surface area (Å²) in [5, 5.41) is 4.74. The van der Waals surface area contributed by atoms with E-state index in [1.807, 2.05) is 0 Å². The molecule has 2 N–H and O–H groups in total. The SMILES string of the molecule is CCOC(=O)N1CCCC(NC(=O)[C@H](CC(C)(C)F)N[C@@H](c2ccc(-c3ccc(S(C)(=O)=O)cc3)cc2)C(F)(F)F)C(=O)C1. The average molecular weight is 644 g/mol. The molecule has 1 unspecified atom stereocenters. The molecule has 2 aromatic rings. The molecule has 3 rings (SSSR count). The number of halogens is 4. The van der Waals surface area contributed by atoms with E-state index in [1.54, 1.807) is 6.92 Å². The summed E-state index contributed by atoms with van der Waals surface area (Å²) in [6, 6.07) is 6.07. The fourth-order valence-corrected chi connectivity index (χ4v) is 5.51. The number of rotatable bonds is 10. The zero-order chi connectivity index (χ0) is 32.9. The van der Waals surface area contributed by atoms with Crippen LogP contribution in [0.3, 0.4) is 0 Å². The Labute approximate surface area is 254 Å². The quantitative estimate of drug-likeness (QED) is 0.358. The van der Waals surface area contributed by atoms with E-state index in [2.05, 4.69) is 10.6 Å². The Morgan fingerprint density at radius 2 is 1.59 bits per heavy atom. The fraction of sp³-hybridized carbons (Fsp3) is 0.500. The molecule has 1 heterocycles. The van der Waals surface area contributed by atoms with E-state index in [0.29, 0.717) is 17.5 Å². The number of Topliss-reactive ketones (excluding diaryl/α,β-unsaturated/α-hetero) is 1. The minimum atomic E-state index is -4.88. The predicted octanol–water partition coefficient (Wildman–Crippen LogP) is 4.76. The second-order valence-electron chi connectivity index (χ2n) is 11.3. The third-order valence-corrected chi connectivity index (χ3v) is 8.19. The molecule has 44 heavy (non-hydrogen) atoms. The molecular weight excluding hydrogens is 606 g/mol. The normalized spacial score (nSPS) is 17.9. The molecular formula is C30H37F4N3O6S. The van der Waals surface area contributed by atoms with Crippen LogP contribution in [-0.4, -0.2) is 81.0 Å². The van der Waals surface area contributed by atoms with E-state index in [9.17, 15) is 40.4 Å². The highest BCUT2D eigenvalue weighted by Crippen LogP contribution is 2.35. The van der Waals surface area contributed by atoms with Crippen LogP contribution in [0, 0.1) is 0 Å². The number of hydrogen-bond acceptors (Lipinski definition) is 7. The number of alkyl halides is 4. The van der Waals surface area contributed by atoms with Gasteiger partial charge in [-0.05, 0) is 62.4 Å². The monoisotopic (exact) mass is 643 g/mol. The summed E-state index contributed by atoms with van der Waals surface area (Å²) in [5.41, 5.74) is -1.18. The maximum absolute atomic E-state index is 14.8. The Morgan fingerprint density at radius 3 is 2.09 bits per heavy atom. The lowest BCUT2D eigenvalue weighted by Gasteiger charge is -2.31. The van der Waals surface area contributed by atoms with Crippen molar-refractivity contribution in [2.24, 2.45) is 0 Å². The van der Waals surface area contributed by atoms with Crippen molar-refractivity contribution in [1.82, 2.24) is 15.5 Å². The smallest absolute Gasteiger partial charge is 0.410 e. The van der Waals surface area contributed by atoms with Gasteiger partial charge in [0, 0.05) is 19.2 Å². The van der Waals surface area contributed by atoms with Crippen molar-refractivity contribution in [3.63, 3.8) is 0 Å². The molecule has 0 saturated carbocycles. The summed E-state index contributed by atoms with van der Waals surface area (Å²) >= 11 is 0. The van der Waals surface area contributed by atoms with Gasteiger partial charge in [-0.1, -0.05) is 36.4 Å². The number of carbonyl (C=O) groups is 3. The fourth-order valence-electron chi connectivity index (χ4n) is 4.88. The number of amides is 2. The van der Waals surface area contributed by atoms with E-state index in [-0.39, 0.29) is 36.6 Å². The molecule has 9 nitrogen and oxygen atoms in total. The summed E-state index contributed by atoms with van der Waals surface area (Å²) in [5.74, 6) is -1.50. The second-order valence-corrected chi connectivity index (χ2v) is 13.3. The standard InChI is InChI=1S/C30H37F4N3O6S/c1-5-43-28(40)37-16-6-7-23(25(38)18-37)36-27(39)24(17-29(2,3)31)35-26(30(32,33)34)21-10-8-19(9-11-21)20-12-14-22(15-13-20)44(4,41)42/h8-15,23-24,26,35H,5-7,16-18H2,1-4H3,(H,36,39)/t23?,24-,26-/m0/s1. The second kappa shape index (κ2) is 14.1. The van der Waals surface area contributed by atoms with Crippen LogP contribution in [0.1, 0.15) is 51.6 Å². The number of carbonyl (C=O) groups excluding carboxylic acids is 3. The number of likely N-dealkylation sites (tertiary alicyclic amines) is 1. The van der Waals surface area contributed by atoms with Crippen molar-refractivity contribution in [2.75, 3.05) is 26.0 Å². The Balaban J connectivity index is 1.82. The van der Waals surface area contributed by atoms with E-state index in [4.69, 9.17) is 4.74 Å². The van der Waals surface area contributed by atoms with Crippen LogP contribution in [0.2, 0.25) is 0 Å². The van der Waals surface area contributed by atoms with Crippen LogP contribution in [0.25, 0.3) is 11.1 Å². The van der Waals surface area contributed by atoms with Gasteiger partial charge in [0.05, 0.1) is 30.1 Å². The topological polar surface area (TPSA) is 122 Å². The molecule has 242 valence electrons. The molecule has 2 amide bonds. The molecule has 1 saturated heterocycles. The van der Waals surface area contributed by atoms with Crippen molar-refractivity contribution in [3.8, 4) is 11.1 Å². The summed E-state index contributed by atoms with van der Waals surface area (Å²) < 4.78 is 86.2. The van der Waals surface area contributed by atoms with Gasteiger partial charge >= 0.3 is 12.3 Å². The van der Waals surface area contributed by atoms with Gasteiger partial charge in [-0.2, -0.15) is 13.2 Å². The van der Waals surface area contributed by atoms with Gasteiger partial charge in [0.1, 0.15) is 11.7 Å². The maximum atomic E-state index is 14.8. The van der Waals surface area contributed by atoms with Gasteiger partial charge in [0.15, 0.2) is 15.6 Å². The van der Waals surface area contributed by atoms with E-state index in [0.717, 1.165) is 20.1 Å². The van der Waals surface area contributed by atoms with Crippen LogP contribution in [0.4, 0.5) is 22.4 Å². The molecule has 0 bridgehead atoms. The van der Waals surface area contributed by atoms with Gasteiger partial charge in [0.2, 0.25) is 5.91 Å². The minimum absolute atomic E-state index is 0.0983. The van der Waals surface area contributed by atoms with Gasteiger partial charge in [0.25, 0.3) is 0 Å². The van der Waals surface area contributed by atoms with E-state index < -0.39 is 64.0 Å². The van der Waals surface area contributed by atoms with Crippen molar-refractivity contribution in [1.29, 1.82) is 0 Å². The van der Waals surface area contributed by atoms with Crippen LogP contribution >= 0.6 is 0 Å². The molecule has 1 aliphatic heterocycles. The van der Waals surface area contributed by atoms with Gasteiger partial charge < -0.3 is 15.0 Å². The minimum Gasteiger partial charge on any atom is -0.450 e. The lowest BCUT2D eigenvalue weighted by molar-refractivity contribution is -0.161. The van der Waals surface area contributed by atoms with Crippen LogP contribution in [0.15, 0.2) is 53.4 Å². The number of ketones is 1. The molecule has 14 heteroatoms. The third kappa shape index (κ3) is 9.74. The third-order valence-electron chi connectivity index (χ3n) is 7.06. The molecule has 3 atom stereocenters. The highest BCUT2D eigenvalue weighted by atomic mass is 32.2. The zero-order valence-corrected chi connectivity index (χ0v) is 25.7. The van der Waals surface area contributed by atoms with Crippen molar-refractivity contribution < 1.29 is 45.1 Å². The van der Waals surface area contributed by atoms with Crippen LogP contribution < -0.4 is 10.6 Å². The summed E-state index contributed by atoms with van der Waals surface area (Å²) in [6.45, 7) is 3.85. The lowest BCUT2D eigenvalue weighted by Crippen LogP contribution is -2.54. The highest BCUT2D eigenvalue weighted by Gasteiger charge is 2.44. The Bertz CT molecular complexity index is 1420. The first kappa shape index (κ1) is 35.0. The molecule has 1 aliphatic rings. The van der Waals surface area contributed by atoms with Crippen molar-refractivity contribution in [3.05, 3.63) is 54.1 Å². The number of benzene rings is 2.